The number of anilines is 2. The Hall–Kier alpha value is -2.35. The quantitative estimate of drug-likeness (QED) is 0.785. The van der Waals surface area contributed by atoms with Crippen LogP contribution in [0.25, 0.3) is 5.69 Å². The molecule has 1 aromatic heterocycles. The maximum Gasteiger partial charge on any atom is 0.252 e. The van der Waals surface area contributed by atoms with Crippen molar-refractivity contribution in [1.29, 1.82) is 0 Å². The van der Waals surface area contributed by atoms with Crippen LogP contribution in [-0.2, 0) is 0 Å². The molecule has 3 aromatic rings. The first kappa shape index (κ1) is 13.6. The molecular formula is C13H8BrF2N5. The average Bonchev–Trinajstić information content (AvgIpc) is 2.91. The molecule has 5 nitrogen and oxygen atoms in total. The first-order chi connectivity index (χ1) is 10.1. The molecule has 0 atom stereocenters. The van der Waals surface area contributed by atoms with Crippen LogP contribution in [0.4, 0.5) is 20.4 Å². The number of nitrogens with zero attached hydrogens (tertiary/aromatic N) is 4. The van der Waals surface area contributed by atoms with Crippen LogP contribution >= 0.6 is 15.9 Å². The van der Waals surface area contributed by atoms with Gasteiger partial charge in [0.05, 0.1) is 11.4 Å². The summed E-state index contributed by atoms with van der Waals surface area (Å²) in [7, 11) is 0. The van der Waals surface area contributed by atoms with Crippen LogP contribution in [-0.4, -0.2) is 20.2 Å². The first-order valence-electron chi connectivity index (χ1n) is 5.90. The van der Waals surface area contributed by atoms with Crippen LogP contribution < -0.4 is 5.32 Å². The standard InChI is InChI=1S/C13H8BrF2N5/c14-11-7-9(16)3-6-12(11)17-13-18-19-20-21(13)10-4-1-8(15)2-5-10/h1-7H,(H,17,18,20). The maximum atomic E-state index is 13.1. The minimum Gasteiger partial charge on any atom is -0.322 e. The van der Waals surface area contributed by atoms with Crippen LogP contribution in [0.1, 0.15) is 0 Å². The van der Waals surface area contributed by atoms with Gasteiger partial charge in [0.1, 0.15) is 11.6 Å². The lowest BCUT2D eigenvalue weighted by molar-refractivity contribution is 0.626. The van der Waals surface area contributed by atoms with Gasteiger partial charge in [-0.25, -0.2) is 8.78 Å². The molecule has 3 rings (SSSR count). The molecule has 0 aliphatic heterocycles. The molecule has 106 valence electrons. The third kappa shape index (κ3) is 2.89. The number of hydrogen-bond acceptors (Lipinski definition) is 4. The third-order valence-electron chi connectivity index (χ3n) is 2.72. The van der Waals surface area contributed by atoms with Crippen LogP contribution in [0.15, 0.2) is 46.9 Å². The highest BCUT2D eigenvalue weighted by atomic mass is 79.9. The van der Waals surface area contributed by atoms with E-state index in [4.69, 9.17) is 0 Å². The van der Waals surface area contributed by atoms with E-state index >= 15 is 0 Å². The highest BCUT2D eigenvalue weighted by molar-refractivity contribution is 9.10. The molecule has 0 aliphatic carbocycles. The fourth-order valence-corrected chi connectivity index (χ4v) is 2.18. The van der Waals surface area contributed by atoms with E-state index in [-0.39, 0.29) is 11.6 Å². The topological polar surface area (TPSA) is 55.6 Å². The van der Waals surface area contributed by atoms with E-state index in [9.17, 15) is 8.78 Å². The summed E-state index contributed by atoms with van der Waals surface area (Å²) in [6, 6.07) is 9.94. The van der Waals surface area contributed by atoms with Crippen molar-refractivity contribution in [3.63, 3.8) is 0 Å². The minimum absolute atomic E-state index is 0.328. The fraction of sp³-hybridized carbons (Fsp3) is 0. The van der Waals surface area contributed by atoms with Crippen molar-refractivity contribution < 1.29 is 8.78 Å². The van der Waals surface area contributed by atoms with Gasteiger partial charge in [-0.15, -0.1) is 0 Å². The van der Waals surface area contributed by atoms with E-state index in [0.29, 0.717) is 21.8 Å². The van der Waals surface area contributed by atoms with E-state index in [2.05, 4.69) is 36.8 Å². The maximum absolute atomic E-state index is 13.1. The number of rotatable bonds is 3. The van der Waals surface area contributed by atoms with Crippen LogP contribution in [0.5, 0.6) is 0 Å². The summed E-state index contributed by atoms with van der Waals surface area (Å²) in [4.78, 5) is 0. The zero-order chi connectivity index (χ0) is 14.8. The second-order valence-corrected chi connectivity index (χ2v) is 4.99. The Morgan fingerprint density at radius 1 is 1.00 bits per heavy atom. The van der Waals surface area contributed by atoms with Gasteiger partial charge < -0.3 is 5.32 Å². The van der Waals surface area contributed by atoms with Crippen molar-refractivity contribution in [2.75, 3.05) is 5.32 Å². The lowest BCUT2D eigenvalue weighted by Crippen LogP contribution is -2.04. The van der Waals surface area contributed by atoms with Gasteiger partial charge >= 0.3 is 0 Å². The van der Waals surface area contributed by atoms with E-state index in [0.717, 1.165) is 0 Å². The Kier molecular flexibility index (Phi) is 3.61. The predicted molar refractivity (Wildman–Crippen MR) is 76.5 cm³/mol. The molecular weight excluding hydrogens is 344 g/mol. The molecule has 0 fully saturated rings. The highest BCUT2D eigenvalue weighted by Crippen LogP contribution is 2.26. The largest absolute Gasteiger partial charge is 0.322 e. The summed E-state index contributed by atoms with van der Waals surface area (Å²) in [5.74, 6) is -0.373. The molecule has 0 aliphatic rings. The molecule has 0 bridgehead atoms. The van der Waals surface area contributed by atoms with Gasteiger partial charge in [0.2, 0.25) is 0 Å². The molecule has 0 unspecified atom stereocenters. The van der Waals surface area contributed by atoms with Gasteiger partial charge in [-0.1, -0.05) is 5.10 Å². The normalized spacial score (nSPS) is 10.6. The van der Waals surface area contributed by atoms with Gasteiger partial charge in [0.25, 0.3) is 5.95 Å². The summed E-state index contributed by atoms with van der Waals surface area (Å²) in [6.45, 7) is 0. The summed E-state index contributed by atoms with van der Waals surface area (Å²) < 4.78 is 28.0. The van der Waals surface area contributed by atoms with Crippen molar-refractivity contribution in [3.05, 3.63) is 58.6 Å². The average molecular weight is 352 g/mol. The zero-order valence-corrected chi connectivity index (χ0v) is 12.1. The van der Waals surface area contributed by atoms with Crippen molar-refractivity contribution in [3.8, 4) is 5.69 Å². The van der Waals surface area contributed by atoms with E-state index in [1.165, 1.54) is 28.9 Å². The van der Waals surface area contributed by atoms with Gasteiger partial charge in [0, 0.05) is 4.47 Å². The van der Waals surface area contributed by atoms with Crippen LogP contribution in [0, 0.1) is 11.6 Å². The highest BCUT2D eigenvalue weighted by Gasteiger charge is 2.10. The summed E-state index contributed by atoms with van der Waals surface area (Å²) in [5, 5.41) is 14.3. The van der Waals surface area contributed by atoms with Gasteiger partial charge in [-0.05, 0) is 68.8 Å². The SMILES string of the molecule is Fc1ccc(-n2nnnc2Nc2ccc(F)cc2Br)cc1. The molecule has 0 radical (unpaired) electrons. The monoisotopic (exact) mass is 351 g/mol. The Balaban J connectivity index is 1.94. The number of benzene rings is 2. The predicted octanol–water partition coefficient (Wildman–Crippen LogP) is 3.45. The van der Waals surface area contributed by atoms with Gasteiger partial charge in [-0.2, -0.15) is 4.68 Å². The molecule has 8 heteroatoms. The molecule has 1 N–H and O–H groups in total. The molecule has 0 spiro atoms. The molecule has 0 saturated heterocycles. The number of tetrazole rings is 1. The molecule has 2 aromatic carbocycles. The van der Waals surface area contributed by atoms with Crippen LogP contribution in [0.3, 0.4) is 0 Å². The summed E-state index contributed by atoms with van der Waals surface area (Å²) >= 11 is 3.25. The Bertz CT molecular complexity index is 772. The van der Waals surface area contributed by atoms with E-state index in [1.807, 2.05) is 0 Å². The molecule has 0 amide bonds. The number of halogens is 3. The van der Waals surface area contributed by atoms with E-state index in [1.54, 1.807) is 18.2 Å². The minimum atomic E-state index is -0.356. The molecule has 21 heavy (non-hydrogen) atoms. The lowest BCUT2D eigenvalue weighted by atomic mass is 10.3. The number of aromatic nitrogens is 4. The van der Waals surface area contributed by atoms with Crippen molar-refractivity contribution in [1.82, 2.24) is 20.2 Å². The third-order valence-corrected chi connectivity index (χ3v) is 3.37. The van der Waals surface area contributed by atoms with Crippen molar-refractivity contribution >= 4 is 27.6 Å². The first-order valence-corrected chi connectivity index (χ1v) is 6.69. The molecule has 1 heterocycles. The number of nitrogens with one attached hydrogen (secondary N) is 1. The van der Waals surface area contributed by atoms with Crippen LogP contribution in [0.2, 0.25) is 0 Å². The summed E-state index contributed by atoms with van der Waals surface area (Å²) in [5.41, 5.74) is 1.21. The van der Waals surface area contributed by atoms with Gasteiger partial charge in [0.15, 0.2) is 0 Å². The smallest absolute Gasteiger partial charge is 0.252 e. The lowest BCUT2D eigenvalue weighted by Gasteiger charge is -2.08. The Labute approximate surface area is 126 Å². The summed E-state index contributed by atoms with van der Waals surface area (Å²) in [6.07, 6.45) is 0. The Morgan fingerprint density at radius 2 is 1.71 bits per heavy atom. The number of hydrogen-bond donors (Lipinski definition) is 1. The second kappa shape index (κ2) is 5.57. The van der Waals surface area contributed by atoms with E-state index < -0.39 is 0 Å². The van der Waals surface area contributed by atoms with Crippen molar-refractivity contribution in [2.24, 2.45) is 0 Å². The van der Waals surface area contributed by atoms with Crippen molar-refractivity contribution in [2.45, 2.75) is 0 Å². The molecule has 0 saturated carbocycles. The fourth-order valence-electron chi connectivity index (χ4n) is 1.73. The zero-order valence-electron chi connectivity index (χ0n) is 10.5. The Morgan fingerprint density at radius 3 is 2.43 bits per heavy atom. The second-order valence-electron chi connectivity index (χ2n) is 4.14. The van der Waals surface area contributed by atoms with Gasteiger partial charge in [-0.3, -0.25) is 0 Å².